The molecule has 0 amide bonds. The maximum atomic E-state index is 11.7. The number of rotatable bonds is 11. The van der Waals surface area contributed by atoms with E-state index in [9.17, 15) is 9.81 Å². The number of ether oxygens (including phenoxy) is 1. The Labute approximate surface area is 227 Å². The van der Waals surface area contributed by atoms with Crippen LogP contribution in [-0.2, 0) is 13.0 Å². The predicted molar refractivity (Wildman–Crippen MR) is 152 cm³/mol. The fourth-order valence-corrected chi connectivity index (χ4v) is 4.38. The maximum absolute atomic E-state index is 11.7. The Bertz CT molecular complexity index is 1510. The van der Waals surface area contributed by atoms with Gasteiger partial charge in [0.05, 0.1) is 38.3 Å². The van der Waals surface area contributed by atoms with Crippen LogP contribution in [0.2, 0.25) is 0 Å². The number of pyridine rings is 1. The van der Waals surface area contributed by atoms with Gasteiger partial charge < -0.3 is 9.64 Å². The molecule has 0 unspecified atom stereocenters. The van der Waals surface area contributed by atoms with Crippen LogP contribution in [0, 0.1) is 16.7 Å². The summed E-state index contributed by atoms with van der Waals surface area (Å²) in [5, 5.41) is 10.9. The van der Waals surface area contributed by atoms with Gasteiger partial charge in [-0.15, -0.1) is 0 Å². The Morgan fingerprint density at radius 2 is 1.77 bits per heavy atom. The average molecular weight is 531 g/mol. The number of aromatic nitrogens is 5. The van der Waals surface area contributed by atoms with Gasteiger partial charge in [-0.1, -0.05) is 17.3 Å². The topological polar surface area (TPSA) is 128 Å². The van der Waals surface area contributed by atoms with E-state index in [0.717, 1.165) is 34.5 Å². The van der Waals surface area contributed by atoms with Gasteiger partial charge in [-0.05, 0) is 70.4 Å². The fraction of sp³-hybridized carbons (Fsp3) is 0.429. The van der Waals surface area contributed by atoms with Gasteiger partial charge in [0.1, 0.15) is 28.2 Å². The zero-order valence-corrected chi connectivity index (χ0v) is 23.5. The highest BCUT2D eigenvalue weighted by molar-refractivity contribution is 5.77. The minimum Gasteiger partial charge on any atom is -0.497 e. The van der Waals surface area contributed by atoms with E-state index in [2.05, 4.69) is 34.3 Å². The van der Waals surface area contributed by atoms with Crippen LogP contribution in [-0.4, -0.2) is 49.5 Å². The van der Waals surface area contributed by atoms with E-state index in [0.29, 0.717) is 35.8 Å². The van der Waals surface area contributed by atoms with E-state index in [-0.39, 0.29) is 0 Å². The number of methoxy groups -OCH3 is 1. The third-order valence-electron chi connectivity index (χ3n) is 6.55. The summed E-state index contributed by atoms with van der Waals surface area (Å²) in [7, 11) is 1.64. The van der Waals surface area contributed by atoms with Gasteiger partial charge in [-0.2, -0.15) is 14.9 Å². The quantitative estimate of drug-likeness (QED) is 0.216. The van der Waals surface area contributed by atoms with Crippen LogP contribution >= 0.6 is 0 Å². The van der Waals surface area contributed by atoms with E-state index in [1.54, 1.807) is 51.9 Å². The number of aryl methyl sites for hydroxylation is 1. The number of fused-ring (bicyclic) bond motifs is 1. The molecule has 4 rings (SSSR count). The predicted octanol–water partition coefficient (Wildman–Crippen LogP) is 6.00. The number of nitrogens with zero attached hydrogens (tertiary/aromatic N) is 8. The largest absolute Gasteiger partial charge is 0.497 e. The van der Waals surface area contributed by atoms with E-state index in [4.69, 9.17) is 14.7 Å². The third kappa shape index (κ3) is 6.08. The molecule has 0 fully saturated rings. The average Bonchev–Trinajstić information content (AvgIpc) is 3.39. The summed E-state index contributed by atoms with van der Waals surface area (Å²) in [4.78, 5) is 39.0. The van der Waals surface area contributed by atoms with Crippen molar-refractivity contribution in [3.05, 3.63) is 63.8 Å². The molecule has 0 bridgehead atoms. The molecule has 0 saturated carbocycles. The lowest BCUT2D eigenvalue weighted by Gasteiger charge is -2.31. The number of benzene rings is 1. The standard InChI is InChI=1S/C28H34N8O3/c1-8-19-11-21(39-7)12-24(18(19)2)36(17-28(5,6)34-38)25-10-9-22-26(32-25)31-23(14-29-22)20-13-30-35(15-20)16-27(3,4)33-37/h9-15H,8,16-17H2,1-7H3. The molecule has 204 valence electrons. The van der Waals surface area contributed by atoms with Gasteiger partial charge in [-0.25, -0.2) is 9.97 Å². The summed E-state index contributed by atoms with van der Waals surface area (Å²) >= 11 is 0. The lowest BCUT2D eigenvalue weighted by molar-refractivity contribution is 0.408. The van der Waals surface area contributed by atoms with Crippen molar-refractivity contribution in [2.24, 2.45) is 10.4 Å². The molecule has 0 N–H and O–H groups in total. The summed E-state index contributed by atoms with van der Waals surface area (Å²) in [6, 6.07) is 7.71. The first-order chi connectivity index (χ1) is 18.5. The van der Waals surface area contributed by atoms with Crippen molar-refractivity contribution in [1.82, 2.24) is 24.7 Å². The second-order valence-corrected chi connectivity index (χ2v) is 10.9. The summed E-state index contributed by atoms with van der Waals surface area (Å²) in [5.41, 5.74) is 3.85. The van der Waals surface area contributed by atoms with Crippen molar-refractivity contribution in [2.45, 2.75) is 65.6 Å². The monoisotopic (exact) mass is 530 g/mol. The van der Waals surface area contributed by atoms with Crippen LogP contribution in [0.15, 0.2) is 53.2 Å². The molecule has 0 radical (unpaired) electrons. The highest BCUT2D eigenvalue weighted by Gasteiger charge is 2.27. The SMILES string of the molecule is CCc1cc(OC)cc(N(CC(C)(C)N=O)c2ccc3ncc(-c4cnn(CC(C)(C)N=O)c4)nc3n2)c1C. The molecule has 11 heteroatoms. The molecule has 0 saturated heterocycles. The Hall–Kier alpha value is -4.28. The lowest BCUT2D eigenvalue weighted by atomic mass is 10.0. The Balaban J connectivity index is 1.80. The minimum atomic E-state index is -0.884. The first-order valence-corrected chi connectivity index (χ1v) is 12.8. The van der Waals surface area contributed by atoms with Crippen LogP contribution < -0.4 is 9.64 Å². The van der Waals surface area contributed by atoms with Crippen LogP contribution in [0.4, 0.5) is 11.5 Å². The molecule has 39 heavy (non-hydrogen) atoms. The van der Waals surface area contributed by atoms with E-state index < -0.39 is 11.1 Å². The first-order valence-electron chi connectivity index (χ1n) is 12.8. The van der Waals surface area contributed by atoms with Crippen LogP contribution in [0.1, 0.15) is 45.7 Å². The van der Waals surface area contributed by atoms with Gasteiger partial charge in [0.25, 0.3) is 0 Å². The zero-order chi connectivity index (χ0) is 28.4. The minimum absolute atomic E-state index is 0.298. The molecular weight excluding hydrogens is 496 g/mol. The summed E-state index contributed by atoms with van der Waals surface area (Å²) in [6.45, 7) is 11.9. The summed E-state index contributed by atoms with van der Waals surface area (Å²) in [5.74, 6) is 1.33. The number of hydrogen-bond donors (Lipinski definition) is 0. The van der Waals surface area contributed by atoms with Crippen molar-refractivity contribution >= 4 is 22.7 Å². The first kappa shape index (κ1) is 27.7. The number of hydrogen-bond acceptors (Lipinski definition) is 10. The number of nitroso groups, excluding NO2 is 2. The molecule has 11 nitrogen and oxygen atoms in total. The van der Waals surface area contributed by atoms with Gasteiger partial charge >= 0.3 is 0 Å². The molecular formula is C28H34N8O3. The molecule has 1 aromatic carbocycles. The molecule has 3 heterocycles. The van der Waals surface area contributed by atoms with E-state index >= 15 is 0 Å². The normalized spacial score (nSPS) is 12.0. The van der Waals surface area contributed by atoms with E-state index in [1.807, 2.05) is 35.4 Å². The van der Waals surface area contributed by atoms with Gasteiger partial charge in [0.15, 0.2) is 5.65 Å². The summed E-state index contributed by atoms with van der Waals surface area (Å²) in [6.07, 6.45) is 5.98. The van der Waals surface area contributed by atoms with Crippen molar-refractivity contribution in [2.75, 3.05) is 18.6 Å². The molecule has 0 spiro atoms. The van der Waals surface area contributed by atoms with Crippen LogP contribution in [0.25, 0.3) is 22.4 Å². The zero-order valence-electron chi connectivity index (χ0n) is 23.5. The molecule has 0 aliphatic rings. The fourth-order valence-electron chi connectivity index (χ4n) is 4.38. The molecule has 3 aromatic heterocycles. The number of anilines is 2. The Kier molecular flexibility index (Phi) is 7.71. The summed E-state index contributed by atoms with van der Waals surface area (Å²) < 4.78 is 7.25. The smallest absolute Gasteiger partial charge is 0.180 e. The van der Waals surface area contributed by atoms with Gasteiger partial charge in [0, 0.05) is 23.5 Å². The van der Waals surface area contributed by atoms with Crippen LogP contribution in [0.3, 0.4) is 0 Å². The third-order valence-corrected chi connectivity index (χ3v) is 6.55. The van der Waals surface area contributed by atoms with Crippen molar-refractivity contribution in [1.29, 1.82) is 0 Å². The molecule has 4 aromatic rings. The lowest BCUT2D eigenvalue weighted by Crippen LogP contribution is -2.35. The Morgan fingerprint density at radius 3 is 2.44 bits per heavy atom. The Morgan fingerprint density at radius 1 is 1.03 bits per heavy atom. The van der Waals surface area contributed by atoms with Crippen molar-refractivity contribution in [3.8, 4) is 17.0 Å². The van der Waals surface area contributed by atoms with Crippen molar-refractivity contribution in [3.63, 3.8) is 0 Å². The van der Waals surface area contributed by atoms with Gasteiger partial charge in [-0.3, -0.25) is 9.67 Å². The molecule has 0 aliphatic carbocycles. The maximum Gasteiger partial charge on any atom is 0.180 e. The van der Waals surface area contributed by atoms with Crippen LogP contribution in [0.5, 0.6) is 5.75 Å². The molecule has 0 aliphatic heterocycles. The highest BCUT2D eigenvalue weighted by Crippen LogP contribution is 2.35. The second kappa shape index (κ2) is 10.8. The highest BCUT2D eigenvalue weighted by atomic mass is 16.5. The van der Waals surface area contributed by atoms with E-state index in [1.165, 1.54) is 0 Å². The van der Waals surface area contributed by atoms with Gasteiger partial charge in [0.2, 0.25) is 0 Å². The second-order valence-electron chi connectivity index (χ2n) is 10.9. The molecule has 0 atom stereocenters. The van der Waals surface area contributed by atoms with Crippen molar-refractivity contribution < 1.29 is 4.74 Å².